The quantitative estimate of drug-likeness (QED) is 0.608. The molecule has 6 nitrogen and oxygen atoms in total. The third kappa shape index (κ3) is 4.80. The van der Waals surface area contributed by atoms with E-state index >= 15 is 0 Å². The summed E-state index contributed by atoms with van der Waals surface area (Å²) in [5.74, 6) is -0.944. The second-order valence-corrected chi connectivity index (χ2v) is 5.26. The maximum absolute atomic E-state index is 11.9. The summed E-state index contributed by atoms with van der Waals surface area (Å²) in [6.07, 6.45) is 0.205. The standard InChI is InChI=1S/C13H25N3O3/c1-4-5-15-6-7-16(13(19)12(15)18)9-11(17)8-14-10(2)3/h10-11,14,17H,4-9H2,1-3H3. The number of piperazine rings is 1. The van der Waals surface area contributed by atoms with Crippen molar-refractivity contribution in [3.8, 4) is 0 Å². The van der Waals surface area contributed by atoms with Crippen molar-refractivity contribution >= 4 is 11.8 Å². The Hall–Kier alpha value is -1.14. The lowest BCUT2D eigenvalue weighted by molar-refractivity contribution is -0.156. The molecule has 6 heteroatoms. The van der Waals surface area contributed by atoms with Crippen LogP contribution in [0.3, 0.4) is 0 Å². The van der Waals surface area contributed by atoms with E-state index in [9.17, 15) is 14.7 Å². The molecule has 2 N–H and O–H groups in total. The van der Waals surface area contributed by atoms with Gasteiger partial charge in [0.15, 0.2) is 0 Å². The minimum Gasteiger partial charge on any atom is -0.390 e. The van der Waals surface area contributed by atoms with E-state index in [1.165, 1.54) is 4.90 Å². The number of aliphatic hydroxyl groups excluding tert-OH is 1. The molecule has 2 amide bonds. The van der Waals surface area contributed by atoms with Gasteiger partial charge in [0.05, 0.1) is 6.10 Å². The summed E-state index contributed by atoms with van der Waals surface area (Å²) in [6.45, 7) is 8.28. The van der Waals surface area contributed by atoms with Gasteiger partial charge in [0.2, 0.25) is 0 Å². The molecule has 19 heavy (non-hydrogen) atoms. The van der Waals surface area contributed by atoms with Crippen LogP contribution in [-0.4, -0.2) is 71.6 Å². The first-order valence-corrected chi connectivity index (χ1v) is 6.95. The fraction of sp³-hybridized carbons (Fsp3) is 0.846. The van der Waals surface area contributed by atoms with Crippen LogP contribution in [0.4, 0.5) is 0 Å². The Balaban J connectivity index is 2.44. The number of carbonyl (C=O) groups excluding carboxylic acids is 2. The van der Waals surface area contributed by atoms with Crippen LogP contribution >= 0.6 is 0 Å². The molecule has 0 spiro atoms. The minimum atomic E-state index is -0.642. The third-order valence-corrected chi connectivity index (χ3v) is 3.08. The topological polar surface area (TPSA) is 72.9 Å². The average Bonchev–Trinajstić information content (AvgIpc) is 2.36. The zero-order valence-electron chi connectivity index (χ0n) is 12.1. The van der Waals surface area contributed by atoms with Gasteiger partial charge in [-0.15, -0.1) is 0 Å². The second-order valence-electron chi connectivity index (χ2n) is 5.26. The molecule has 1 aliphatic rings. The zero-order valence-corrected chi connectivity index (χ0v) is 12.1. The van der Waals surface area contributed by atoms with Gasteiger partial charge in [0.25, 0.3) is 0 Å². The van der Waals surface area contributed by atoms with E-state index in [1.54, 1.807) is 4.90 Å². The van der Waals surface area contributed by atoms with E-state index in [0.717, 1.165) is 6.42 Å². The lowest BCUT2D eigenvalue weighted by Gasteiger charge is -2.34. The summed E-state index contributed by atoms with van der Waals surface area (Å²) in [5.41, 5.74) is 0. The predicted octanol–water partition coefficient (Wildman–Crippen LogP) is -0.574. The number of nitrogens with zero attached hydrogens (tertiary/aromatic N) is 2. The summed E-state index contributed by atoms with van der Waals surface area (Å²) in [6, 6.07) is 0.286. The van der Waals surface area contributed by atoms with Crippen molar-refractivity contribution in [2.75, 3.05) is 32.7 Å². The number of amides is 2. The Morgan fingerprint density at radius 1 is 1.21 bits per heavy atom. The molecule has 1 unspecified atom stereocenters. The minimum absolute atomic E-state index is 0.213. The maximum Gasteiger partial charge on any atom is 0.312 e. The first-order valence-electron chi connectivity index (χ1n) is 6.95. The largest absolute Gasteiger partial charge is 0.390 e. The Bertz CT molecular complexity index is 320. The molecule has 110 valence electrons. The molecule has 0 aromatic carbocycles. The van der Waals surface area contributed by atoms with Crippen LogP contribution < -0.4 is 5.32 Å². The molecule has 0 saturated carbocycles. The molecule has 1 atom stereocenters. The number of aliphatic hydroxyl groups is 1. The van der Waals surface area contributed by atoms with Crippen molar-refractivity contribution in [2.45, 2.75) is 39.3 Å². The smallest absolute Gasteiger partial charge is 0.312 e. The van der Waals surface area contributed by atoms with E-state index in [4.69, 9.17) is 0 Å². The normalized spacial score (nSPS) is 18.4. The van der Waals surface area contributed by atoms with Crippen LogP contribution in [0.25, 0.3) is 0 Å². The lowest BCUT2D eigenvalue weighted by atomic mass is 10.2. The Morgan fingerprint density at radius 3 is 2.37 bits per heavy atom. The van der Waals surface area contributed by atoms with Crippen LogP contribution in [0.2, 0.25) is 0 Å². The molecular weight excluding hydrogens is 246 g/mol. The van der Waals surface area contributed by atoms with E-state index < -0.39 is 17.9 Å². The van der Waals surface area contributed by atoms with Crippen molar-refractivity contribution in [3.63, 3.8) is 0 Å². The van der Waals surface area contributed by atoms with E-state index in [1.807, 2.05) is 20.8 Å². The van der Waals surface area contributed by atoms with Crippen molar-refractivity contribution in [3.05, 3.63) is 0 Å². The van der Waals surface area contributed by atoms with Crippen LogP contribution in [0, 0.1) is 0 Å². The van der Waals surface area contributed by atoms with Gasteiger partial charge >= 0.3 is 11.8 Å². The molecule has 1 rings (SSSR count). The number of hydrogen-bond donors (Lipinski definition) is 2. The molecule has 0 radical (unpaired) electrons. The summed E-state index contributed by atoms with van der Waals surface area (Å²) >= 11 is 0. The second kappa shape index (κ2) is 7.45. The Labute approximate surface area is 114 Å². The molecule has 1 heterocycles. The molecule has 0 aliphatic carbocycles. The summed E-state index contributed by atoms with van der Waals surface area (Å²) in [7, 11) is 0. The summed E-state index contributed by atoms with van der Waals surface area (Å²) in [5, 5.41) is 12.9. The SMILES string of the molecule is CCCN1CCN(CC(O)CNC(C)C)C(=O)C1=O. The molecule has 1 aliphatic heterocycles. The van der Waals surface area contributed by atoms with Crippen molar-refractivity contribution in [2.24, 2.45) is 0 Å². The van der Waals surface area contributed by atoms with Crippen LogP contribution in [0.15, 0.2) is 0 Å². The van der Waals surface area contributed by atoms with E-state index in [2.05, 4.69) is 5.32 Å². The van der Waals surface area contributed by atoms with Gasteiger partial charge in [0.1, 0.15) is 0 Å². The van der Waals surface area contributed by atoms with Crippen LogP contribution in [0.1, 0.15) is 27.2 Å². The number of nitrogens with one attached hydrogen (secondary N) is 1. The lowest BCUT2D eigenvalue weighted by Crippen LogP contribution is -2.56. The van der Waals surface area contributed by atoms with Gasteiger partial charge in [-0.05, 0) is 6.42 Å². The van der Waals surface area contributed by atoms with Crippen molar-refractivity contribution < 1.29 is 14.7 Å². The highest BCUT2D eigenvalue weighted by atomic mass is 16.3. The van der Waals surface area contributed by atoms with Gasteiger partial charge in [-0.3, -0.25) is 9.59 Å². The fourth-order valence-electron chi connectivity index (χ4n) is 2.06. The fourth-order valence-corrected chi connectivity index (χ4v) is 2.06. The number of carbonyl (C=O) groups is 2. The first-order chi connectivity index (χ1) is 8.95. The average molecular weight is 271 g/mol. The summed E-state index contributed by atoms with van der Waals surface area (Å²) in [4.78, 5) is 26.7. The molecule has 1 saturated heterocycles. The van der Waals surface area contributed by atoms with Crippen LogP contribution in [0.5, 0.6) is 0 Å². The van der Waals surface area contributed by atoms with E-state index in [0.29, 0.717) is 26.2 Å². The van der Waals surface area contributed by atoms with Gasteiger partial charge in [-0.25, -0.2) is 0 Å². The Morgan fingerprint density at radius 2 is 1.79 bits per heavy atom. The van der Waals surface area contributed by atoms with Gasteiger partial charge in [-0.2, -0.15) is 0 Å². The molecule has 0 bridgehead atoms. The van der Waals surface area contributed by atoms with Crippen LogP contribution in [-0.2, 0) is 9.59 Å². The molecule has 0 aromatic rings. The summed E-state index contributed by atoms with van der Waals surface area (Å²) < 4.78 is 0. The predicted molar refractivity (Wildman–Crippen MR) is 72.6 cm³/mol. The number of β-amino-alcohol motifs (C(OH)–C–C–N with tert-alkyl or cyclic N) is 1. The van der Waals surface area contributed by atoms with Gasteiger partial charge in [0, 0.05) is 38.8 Å². The Kier molecular flexibility index (Phi) is 6.24. The zero-order chi connectivity index (χ0) is 14.4. The third-order valence-electron chi connectivity index (χ3n) is 3.08. The highest BCUT2D eigenvalue weighted by Gasteiger charge is 2.32. The number of rotatable bonds is 7. The maximum atomic E-state index is 11.9. The first kappa shape index (κ1) is 15.9. The van der Waals surface area contributed by atoms with Crippen molar-refractivity contribution in [1.82, 2.24) is 15.1 Å². The highest BCUT2D eigenvalue weighted by Crippen LogP contribution is 2.06. The number of hydrogen-bond acceptors (Lipinski definition) is 4. The van der Waals surface area contributed by atoms with Crippen molar-refractivity contribution in [1.29, 1.82) is 0 Å². The van der Waals surface area contributed by atoms with E-state index in [-0.39, 0.29) is 12.6 Å². The highest BCUT2D eigenvalue weighted by molar-refractivity contribution is 6.35. The monoisotopic (exact) mass is 271 g/mol. The van der Waals surface area contributed by atoms with Gasteiger partial charge in [-0.1, -0.05) is 20.8 Å². The van der Waals surface area contributed by atoms with Gasteiger partial charge < -0.3 is 20.2 Å². The molecule has 0 aromatic heterocycles. The molecule has 1 fully saturated rings. The molecular formula is C13H25N3O3.